The second kappa shape index (κ2) is 10.8. The number of halogens is 1. The minimum atomic E-state index is -0.163. The normalized spacial score (nSPS) is 20.1. The van der Waals surface area contributed by atoms with E-state index < -0.39 is 0 Å². The van der Waals surface area contributed by atoms with Gasteiger partial charge in [-0.2, -0.15) is 0 Å². The molecule has 0 aliphatic carbocycles. The lowest BCUT2D eigenvalue weighted by Crippen LogP contribution is -2.45. The van der Waals surface area contributed by atoms with Gasteiger partial charge in [0.25, 0.3) is 0 Å². The summed E-state index contributed by atoms with van der Waals surface area (Å²) in [6.45, 7) is 6.36. The summed E-state index contributed by atoms with van der Waals surface area (Å²) in [5.41, 5.74) is 2.25. The first kappa shape index (κ1) is 22.6. The molecule has 1 unspecified atom stereocenters. The van der Waals surface area contributed by atoms with E-state index in [1.807, 2.05) is 43.3 Å². The summed E-state index contributed by atoms with van der Waals surface area (Å²) in [7, 11) is 1.67. The molecule has 0 spiro atoms. The summed E-state index contributed by atoms with van der Waals surface area (Å²) in [6.07, 6.45) is 1.70. The summed E-state index contributed by atoms with van der Waals surface area (Å²) < 4.78 is 5.23. The largest absolute Gasteiger partial charge is 0.497 e. The molecule has 0 saturated carbocycles. The van der Waals surface area contributed by atoms with Gasteiger partial charge in [-0.05, 0) is 49.1 Å². The third kappa shape index (κ3) is 5.97. The van der Waals surface area contributed by atoms with Crippen LogP contribution in [0.15, 0.2) is 48.5 Å². The predicted octanol–water partition coefficient (Wildman–Crippen LogP) is 4.00. The zero-order valence-electron chi connectivity index (χ0n) is 18.0. The van der Waals surface area contributed by atoms with Crippen molar-refractivity contribution in [2.45, 2.75) is 57.9 Å². The Hall–Kier alpha value is -2.08. The molecular formula is C24H32ClN3O2. The Bertz CT molecular complexity index is 827. The summed E-state index contributed by atoms with van der Waals surface area (Å²) in [5, 5.41) is 7.52. The van der Waals surface area contributed by atoms with Crippen LogP contribution in [0.1, 0.15) is 37.8 Å². The van der Waals surface area contributed by atoms with Gasteiger partial charge >= 0.3 is 0 Å². The van der Waals surface area contributed by atoms with Crippen molar-refractivity contribution >= 4 is 17.5 Å². The second-order valence-electron chi connectivity index (χ2n) is 8.02. The van der Waals surface area contributed by atoms with E-state index in [-0.39, 0.29) is 24.0 Å². The van der Waals surface area contributed by atoms with E-state index in [2.05, 4.69) is 34.6 Å². The second-order valence-corrected chi connectivity index (χ2v) is 8.42. The fourth-order valence-electron chi connectivity index (χ4n) is 3.79. The number of benzene rings is 2. The molecule has 0 radical (unpaired) electrons. The molecule has 6 heteroatoms. The van der Waals surface area contributed by atoms with Crippen LogP contribution in [0.25, 0.3) is 0 Å². The van der Waals surface area contributed by atoms with Gasteiger partial charge in [0, 0.05) is 36.7 Å². The molecular weight excluding hydrogens is 398 g/mol. The predicted molar refractivity (Wildman–Crippen MR) is 122 cm³/mol. The van der Waals surface area contributed by atoms with Crippen molar-refractivity contribution < 1.29 is 9.53 Å². The molecule has 162 valence electrons. The molecule has 1 aliphatic rings. The molecule has 3 atom stereocenters. The van der Waals surface area contributed by atoms with Crippen LogP contribution in [-0.4, -0.2) is 42.6 Å². The first-order valence-corrected chi connectivity index (χ1v) is 11.0. The smallest absolute Gasteiger partial charge is 0.237 e. The molecule has 1 heterocycles. The first-order valence-electron chi connectivity index (χ1n) is 10.6. The Kier molecular flexibility index (Phi) is 8.14. The lowest BCUT2D eigenvalue weighted by molar-refractivity contribution is -0.126. The van der Waals surface area contributed by atoms with Crippen LogP contribution in [0.5, 0.6) is 5.75 Å². The van der Waals surface area contributed by atoms with Crippen molar-refractivity contribution in [3.63, 3.8) is 0 Å². The fourth-order valence-corrected chi connectivity index (χ4v) is 3.99. The standard InChI is InChI=1S/C24H32ClN3O2/c1-4-17(2)27-24(29)23-13-20(26-14-18-9-11-21(30-3)12-10-18)16-28(23)15-19-7-5-6-8-22(19)25/h5-12,17,20,23,26H,4,13-16H2,1-3H3,(H,27,29)/t17?,20-,23-/m0/s1. The number of carbonyl (C=O) groups excluding carboxylic acids is 1. The maximum absolute atomic E-state index is 13.0. The molecule has 5 nitrogen and oxygen atoms in total. The minimum absolute atomic E-state index is 0.102. The zero-order valence-corrected chi connectivity index (χ0v) is 18.8. The highest BCUT2D eigenvalue weighted by molar-refractivity contribution is 6.31. The Morgan fingerprint density at radius 1 is 1.23 bits per heavy atom. The van der Waals surface area contributed by atoms with Gasteiger partial charge in [0.05, 0.1) is 13.2 Å². The molecule has 2 aromatic rings. The minimum Gasteiger partial charge on any atom is -0.497 e. The van der Waals surface area contributed by atoms with E-state index in [0.717, 1.165) is 42.3 Å². The average molecular weight is 430 g/mol. The van der Waals surface area contributed by atoms with Gasteiger partial charge in [-0.1, -0.05) is 48.9 Å². The Balaban J connectivity index is 1.66. The van der Waals surface area contributed by atoms with Crippen molar-refractivity contribution in [1.82, 2.24) is 15.5 Å². The van der Waals surface area contributed by atoms with E-state index in [1.165, 1.54) is 5.56 Å². The Morgan fingerprint density at radius 3 is 2.63 bits per heavy atom. The fraction of sp³-hybridized carbons (Fsp3) is 0.458. The van der Waals surface area contributed by atoms with Crippen LogP contribution in [-0.2, 0) is 17.9 Å². The number of likely N-dealkylation sites (tertiary alicyclic amines) is 1. The van der Waals surface area contributed by atoms with Crippen molar-refractivity contribution in [3.8, 4) is 5.75 Å². The number of methoxy groups -OCH3 is 1. The number of hydrogen-bond acceptors (Lipinski definition) is 4. The van der Waals surface area contributed by atoms with Crippen LogP contribution < -0.4 is 15.4 Å². The first-order chi connectivity index (χ1) is 14.5. The van der Waals surface area contributed by atoms with Crippen molar-refractivity contribution in [2.75, 3.05) is 13.7 Å². The Labute approximate surface area is 184 Å². The van der Waals surface area contributed by atoms with Crippen LogP contribution in [0.3, 0.4) is 0 Å². The van der Waals surface area contributed by atoms with Gasteiger partial charge in [0.2, 0.25) is 5.91 Å². The molecule has 1 amide bonds. The van der Waals surface area contributed by atoms with E-state index in [4.69, 9.17) is 16.3 Å². The van der Waals surface area contributed by atoms with Crippen LogP contribution in [0.2, 0.25) is 5.02 Å². The van der Waals surface area contributed by atoms with Crippen LogP contribution >= 0.6 is 11.6 Å². The maximum Gasteiger partial charge on any atom is 0.237 e. The SMILES string of the molecule is CCC(C)NC(=O)[C@@H]1C[C@H](NCc2ccc(OC)cc2)CN1Cc1ccccc1Cl. The van der Waals surface area contributed by atoms with E-state index in [0.29, 0.717) is 6.54 Å². The molecule has 0 bridgehead atoms. The monoisotopic (exact) mass is 429 g/mol. The van der Waals surface area contributed by atoms with Crippen molar-refractivity contribution in [3.05, 3.63) is 64.7 Å². The third-order valence-electron chi connectivity index (χ3n) is 5.79. The summed E-state index contributed by atoms with van der Waals surface area (Å²) >= 11 is 6.39. The lowest BCUT2D eigenvalue weighted by atomic mass is 10.1. The van der Waals surface area contributed by atoms with Gasteiger partial charge < -0.3 is 15.4 Å². The lowest BCUT2D eigenvalue weighted by Gasteiger charge is -2.25. The highest BCUT2D eigenvalue weighted by Crippen LogP contribution is 2.25. The number of nitrogens with one attached hydrogen (secondary N) is 2. The molecule has 2 N–H and O–H groups in total. The number of ether oxygens (including phenoxy) is 1. The van der Waals surface area contributed by atoms with Gasteiger partial charge in [0.1, 0.15) is 5.75 Å². The molecule has 3 rings (SSSR count). The zero-order chi connectivity index (χ0) is 21.5. The summed E-state index contributed by atoms with van der Waals surface area (Å²) in [6, 6.07) is 16.2. The molecule has 0 aromatic heterocycles. The number of nitrogens with zero attached hydrogens (tertiary/aromatic N) is 1. The van der Waals surface area contributed by atoms with Crippen LogP contribution in [0, 0.1) is 0 Å². The van der Waals surface area contributed by atoms with Crippen LogP contribution in [0.4, 0.5) is 0 Å². The number of carbonyl (C=O) groups is 1. The Morgan fingerprint density at radius 2 is 1.97 bits per heavy atom. The quantitative estimate of drug-likeness (QED) is 0.632. The van der Waals surface area contributed by atoms with Crippen molar-refractivity contribution in [2.24, 2.45) is 0 Å². The van der Waals surface area contributed by atoms with Gasteiger partial charge in [-0.15, -0.1) is 0 Å². The molecule has 1 aliphatic heterocycles. The number of hydrogen-bond donors (Lipinski definition) is 2. The summed E-state index contributed by atoms with van der Waals surface area (Å²) in [4.78, 5) is 15.2. The highest BCUT2D eigenvalue weighted by Gasteiger charge is 2.37. The number of rotatable bonds is 9. The van der Waals surface area contributed by atoms with E-state index >= 15 is 0 Å². The number of amides is 1. The van der Waals surface area contributed by atoms with Gasteiger partial charge in [0.15, 0.2) is 0 Å². The van der Waals surface area contributed by atoms with Gasteiger partial charge in [-0.3, -0.25) is 9.69 Å². The third-order valence-corrected chi connectivity index (χ3v) is 6.16. The maximum atomic E-state index is 13.0. The van der Waals surface area contributed by atoms with Gasteiger partial charge in [-0.25, -0.2) is 0 Å². The molecule has 2 aromatic carbocycles. The summed E-state index contributed by atoms with van der Waals surface area (Å²) in [5.74, 6) is 0.956. The topological polar surface area (TPSA) is 53.6 Å². The van der Waals surface area contributed by atoms with Crippen molar-refractivity contribution in [1.29, 1.82) is 0 Å². The highest BCUT2D eigenvalue weighted by atomic mass is 35.5. The molecule has 1 saturated heterocycles. The molecule has 30 heavy (non-hydrogen) atoms. The average Bonchev–Trinajstić information content (AvgIpc) is 3.17. The molecule has 1 fully saturated rings. The van der Waals surface area contributed by atoms with E-state index in [1.54, 1.807) is 7.11 Å². The van der Waals surface area contributed by atoms with E-state index in [9.17, 15) is 4.79 Å².